The van der Waals surface area contributed by atoms with Crippen molar-refractivity contribution in [3.05, 3.63) is 47.2 Å². The van der Waals surface area contributed by atoms with E-state index in [-0.39, 0.29) is 6.10 Å². The Balaban J connectivity index is 1.51. The van der Waals surface area contributed by atoms with Gasteiger partial charge in [-0.2, -0.15) is 4.98 Å². The van der Waals surface area contributed by atoms with Crippen LogP contribution >= 0.6 is 0 Å². The Bertz CT molecular complexity index is 789. The molecular weight excluding hydrogens is 338 g/mol. The number of aromatic nitrogens is 2. The predicted molar refractivity (Wildman–Crippen MR) is 108 cm³/mol. The monoisotopic (exact) mass is 367 g/mol. The second-order valence-electron chi connectivity index (χ2n) is 7.97. The highest BCUT2D eigenvalue weighted by Gasteiger charge is 2.40. The van der Waals surface area contributed by atoms with Gasteiger partial charge in [-0.1, -0.05) is 29.3 Å². The molecule has 1 aromatic heterocycles. The minimum Gasteiger partial charge on any atom is -0.373 e. The molecule has 27 heavy (non-hydrogen) atoms. The first-order chi connectivity index (χ1) is 13.0. The van der Waals surface area contributed by atoms with E-state index in [9.17, 15) is 0 Å². The zero-order chi connectivity index (χ0) is 19.0. The number of morpholine rings is 1. The summed E-state index contributed by atoms with van der Waals surface area (Å²) in [5, 5.41) is 0. The molecule has 4 rings (SSSR count). The number of likely N-dealkylation sites (tertiary alicyclic amines) is 1. The Morgan fingerprint density at radius 2 is 1.93 bits per heavy atom. The zero-order valence-corrected chi connectivity index (χ0v) is 16.7. The number of ether oxygens (including phenoxy) is 1. The molecule has 144 valence electrons. The van der Waals surface area contributed by atoms with E-state index in [0.29, 0.717) is 6.04 Å². The predicted octanol–water partition coefficient (Wildman–Crippen LogP) is 2.25. The van der Waals surface area contributed by atoms with Gasteiger partial charge < -0.3 is 14.5 Å². The lowest BCUT2D eigenvalue weighted by Gasteiger charge is -2.37. The largest absolute Gasteiger partial charge is 0.373 e. The molecule has 0 radical (unpaired) electrons. The molecule has 2 aliphatic rings. The number of hydrogen-bond donors (Lipinski definition) is 0. The fourth-order valence-corrected chi connectivity index (χ4v) is 4.31. The molecule has 2 fully saturated rings. The van der Waals surface area contributed by atoms with Gasteiger partial charge in [-0.05, 0) is 25.5 Å². The van der Waals surface area contributed by atoms with Gasteiger partial charge in [0.2, 0.25) is 5.95 Å². The first-order valence-electron chi connectivity index (χ1n) is 9.68. The van der Waals surface area contributed by atoms with Crippen molar-refractivity contribution >= 4 is 11.8 Å². The minimum absolute atomic E-state index is 0.238. The second kappa shape index (κ2) is 7.44. The topological polar surface area (TPSA) is 44.7 Å². The van der Waals surface area contributed by atoms with Crippen LogP contribution in [0.5, 0.6) is 0 Å². The Morgan fingerprint density at radius 1 is 1.15 bits per heavy atom. The molecule has 3 heterocycles. The molecule has 1 aromatic carbocycles. The molecule has 0 aliphatic carbocycles. The Hall–Kier alpha value is -2.18. The molecule has 0 spiro atoms. The van der Waals surface area contributed by atoms with Crippen LogP contribution in [-0.4, -0.2) is 67.4 Å². The summed E-state index contributed by atoms with van der Waals surface area (Å²) in [6, 6.07) is 9.18. The van der Waals surface area contributed by atoms with Crippen molar-refractivity contribution < 1.29 is 4.74 Å². The number of anilines is 2. The summed E-state index contributed by atoms with van der Waals surface area (Å²) < 4.78 is 6.11. The summed E-state index contributed by atoms with van der Waals surface area (Å²) in [7, 11) is 3.95. The van der Waals surface area contributed by atoms with Gasteiger partial charge in [0.15, 0.2) is 0 Å². The maximum Gasteiger partial charge on any atom is 0.226 e. The lowest BCUT2D eigenvalue weighted by molar-refractivity contribution is 0.0303. The van der Waals surface area contributed by atoms with Crippen LogP contribution in [0.15, 0.2) is 30.5 Å². The van der Waals surface area contributed by atoms with E-state index < -0.39 is 0 Å². The number of fused-ring (bicyclic) bond motifs is 1. The highest BCUT2D eigenvalue weighted by atomic mass is 16.5. The van der Waals surface area contributed by atoms with Gasteiger partial charge in [-0.15, -0.1) is 0 Å². The van der Waals surface area contributed by atoms with Gasteiger partial charge in [0.05, 0.1) is 18.8 Å². The van der Waals surface area contributed by atoms with Gasteiger partial charge in [-0.3, -0.25) is 4.90 Å². The molecule has 0 N–H and O–H groups in total. The normalized spacial score (nSPS) is 22.7. The molecule has 2 aromatic rings. The molecule has 2 aliphatic heterocycles. The van der Waals surface area contributed by atoms with Crippen LogP contribution in [-0.2, 0) is 11.3 Å². The molecule has 6 heteroatoms. The molecule has 2 atom stereocenters. The van der Waals surface area contributed by atoms with Crippen molar-refractivity contribution in [1.29, 1.82) is 0 Å². The lowest BCUT2D eigenvalue weighted by Crippen LogP contribution is -2.51. The van der Waals surface area contributed by atoms with E-state index >= 15 is 0 Å². The Morgan fingerprint density at radius 3 is 2.67 bits per heavy atom. The average molecular weight is 367 g/mol. The van der Waals surface area contributed by atoms with E-state index in [4.69, 9.17) is 9.72 Å². The maximum atomic E-state index is 6.11. The summed E-state index contributed by atoms with van der Waals surface area (Å²) in [5.41, 5.74) is 4.04. The van der Waals surface area contributed by atoms with Crippen LogP contribution in [0.1, 0.15) is 16.7 Å². The molecule has 0 bridgehead atoms. The number of nitrogens with zero attached hydrogens (tertiary/aromatic N) is 5. The third-order valence-corrected chi connectivity index (χ3v) is 5.39. The molecular formula is C21H29N5O. The molecule has 0 unspecified atom stereocenters. The van der Waals surface area contributed by atoms with Gasteiger partial charge in [0.1, 0.15) is 5.82 Å². The number of rotatable bonds is 4. The summed E-state index contributed by atoms with van der Waals surface area (Å²) in [5.74, 6) is 1.75. The molecule has 2 saturated heterocycles. The fraction of sp³-hybridized carbons (Fsp3) is 0.524. The van der Waals surface area contributed by atoms with Gasteiger partial charge in [0, 0.05) is 46.5 Å². The molecule has 0 saturated carbocycles. The van der Waals surface area contributed by atoms with Gasteiger partial charge in [-0.25, -0.2) is 4.98 Å². The van der Waals surface area contributed by atoms with Crippen LogP contribution in [0.3, 0.4) is 0 Å². The second-order valence-corrected chi connectivity index (χ2v) is 7.97. The smallest absolute Gasteiger partial charge is 0.226 e. The van der Waals surface area contributed by atoms with Crippen molar-refractivity contribution in [1.82, 2.24) is 14.9 Å². The van der Waals surface area contributed by atoms with Crippen molar-refractivity contribution in [2.45, 2.75) is 32.5 Å². The number of hydrogen-bond acceptors (Lipinski definition) is 6. The van der Waals surface area contributed by atoms with Crippen LogP contribution in [0.2, 0.25) is 0 Å². The van der Waals surface area contributed by atoms with E-state index in [1.165, 1.54) is 16.7 Å². The van der Waals surface area contributed by atoms with Crippen LogP contribution in [0.25, 0.3) is 0 Å². The summed E-state index contributed by atoms with van der Waals surface area (Å²) in [6.07, 6.45) is 2.09. The van der Waals surface area contributed by atoms with Crippen molar-refractivity contribution in [2.24, 2.45) is 0 Å². The third-order valence-electron chi connectivity index (χ3n) is 5.39. The van der Waals surface area contributed by atoms with Crippen molar-refractivity contribution in [2.75, 3.05) is 50.1 Å². The molecule has 6 nitrogen and oxygen atoms in total. The van der Waals surface area contributed by atoms with Crippen LogP contribution < -0.4 is 9.80 Å². The number of aryl methyl sites for hydroxylation is 2. The standard InChI is InChI=1S/C21H29N5O/c1-15-9-16(2)11-17(10-15)12-25-13-18-19(14-25)27-8-7-26(18)20-5-6-22-21(23-20)24(3)4/h5-6,9-11,18-19H,7-8,12-14H2,1-4H3/t18-,19+/m1/s1. The van der Waals surface area contributed by atoms with Crippen molar-refractivity contribution in [3.63, 3.8) is 0 Å². The summed E-state index contributed by atoms with van der Waals surface area (Å²) >= 11 is 0. The third kappa shape index (κ3) is 3.92. The van der Waals surface area contributed by atoms with Gasteiger partial charge in [0.25, 0.3) is 0 Å². The van der Waals surface area contributed by atoms with Crippen LogP contribution in [0, 0.1) is 13.8 Å². The fourth-order valence-electron chi connectivity index (χ4n) is 4.31. The van der Waals surface area contributed by atoms with Gasteiger partial charge >= 0.3 is 0 Å². The van der Waals surface area contributed by atoms with E-state index in [1.807, 2.05) is 31.3 Å². The summed E-state index contributed by atoms with van der Waals surface area (Å²) in [6.45, 7) is 8.91. The first kappa shape index (κ1) is 18.2. The zero-order valence-electron chi connectivity index (χ0n) is 16.7. The highest BCUT2D eigenvalue weighted by Crippen LogP contribution is 2.28. The highest BCUT2D eigenvalue weighted by molar-refractivity contribution is 5.45. The SMILES string of the molecule is Cc1cc(C)cc(CN2C[C@@H]3OCCN(c4ccnc(N(C)C)n4)[C@@H]3C2)c1. The van der Waals surface area contributed by atoms with E-state index in [0.717, 1.165) is 44.6 Å². The van der Waals surface area contributed by atoms with Crippen LogP contribution in [0.4, 0.5) is 11.8 Å². The first-order valence-corrected chi connectivity index (χ1v) is 9.68. The average Bonchev–Trinajstić information content (AvgIpc) is 3.03. The quantitative estimate of drug-likeness (QED) is 0.826. The van der Waals surface area contributed by atoms with Crippen molar-refractivity contribution in [3.8, 4) is 0 Å². The number of benzene rings is 1. The Labute approximate surface area is 161 Å². The Kier molecular flexibility index (Phi) is 5.02. The maximum absolute atomic E-state index is 6.11. The minimum atomic E-state index is 0.238. The molecule has 0 amide bonds. The lowest BCUT2D eigenvalue weighted by atomic mass is 10.1. The van der Waals surface area contributed by atoms with E-state index in [2.05, 4.69) is 46.8 Å². The van der Waals surface area contributed by atoms with E-state index in [1.54, 1.807) is 0 Å². The summed E-state index contributed by atoms with van der Waals surface area (Å²) in [4.78, 5) is 16.0.